The highest BCUT2D eigenvalue weighted by molar-refractivity contribution is 5.43. The maximum absolute atomic E-state index is 12.9. The van der Waals surface area contributed by atoms with Crippen LogP contribution >= 0.6 is 0 Å². The van der Waals surface area contributed by atoms with Gasteiger partial charge in [0.2, 0.25) is 0 Å². The van der Waals surface area contributed by atoms with Crippen LogP contribution < -0.4 is 14.8 Å². The lowest BCUT2D eigenvalue weighted by molar-refractivity contribution is 0.286. The van der Waals surface area contributed by atoms with Crippen LogP contribution in [0.25, 0.3) is 0 Å². The molecule has 2 aromatic rings. The number of benzene rings is 2. The molecular formula is C20H26FNO2. The van der Waals surface area contributed by atoms with Crippen molar-refractivity contribution < 1.29 is 13.9 Å². The summed E-state index contributed by atoms with van der Waals surface area (Å²) in [7, 11) is 1.66. The molecule has 2 aromatic carbocycles. The number of hydrogen-bond donors (Lipinski definition) is 1. The molecule has 24 heavy (non-hydrogen) atoms. The third-order valence-electron chi connectivity index (χ3n) is 3.80. The fourth-order valence-electron chi connectivity index (χ4n) is 2.43. The molecule has 0 atom stereocenters. The number of halogens is 1. The second-order valence-corrected chi connectivity index (χ2v) is 5.77. The van der Waals surface area contributed by atoms with Gasteiger partial charge in [0.25, 0.3) is 0 Å². The van der Waals surface area contributed by atoms with Gasteiger partial charge in [-0.05, 0) is 41.8 Å². The number of rotatable bonds is 10. The Labute approximate surface area is 143 Å². The first-order valence-electron chi connectivity index (χ1n) is 8.47. The Balaban J connectivity index is 1.85. The Hall–Kier alpha value is -2.07. The monoisotopic (exact) mass is 331 g/mol. The van der Waals surface area contributed by atoms with E-state index in [0.29, 0.717) is 19.7 Å². The molecule has 0 bridgehead atoms. The fraction of sp³-hybridized carbons (Fsp3) is 0.400. The molecule has 0 aliphatic carbocycles. The van der Waals surface area contributed by atoms with Gasteiger partial charge in [-0.1, -0.05) is 38.0 Å². The Morgan fingerprint density at radius 3 is 2.33 bits per heavy atom. The number of nitrogens with one attached hydrogen (secondary N) is 1. The van der Waals surface area contributed by atoms with E-state index in [1.165, 1.54) is 25.0 Å². The zero-order valence-electron chi connectivity index (χ0n) is 14.5. The molecule has 0 aromatic heterocycles. The zero-order chi connectivity index (χ0) is 17.2. The van der Waals surface area contributed by atoms with E-state index in [9.17, 15) is 4.39 Å². The topological polar surface area (TPSA) is 30.5 Å². The van der Waals surface area contributed by atoms with Crippen molar-refractivity contribution in [3.8, 4) is 11.5 Å². The third-order valence-corrected chi connectivity index (χ3v) is 3.80. The molecule has 0 spiro atoms. The van der Waals surface area contributed by atoms with E-state index >= 15 is 0 Å². The highest BCUT2D eigenvalue weighted by Gasteiger charge is 2.06. The van der Waals surface area contributed by atoms with E-state index in [1.807, 2.05) is 18.2 Å². The van der Waals surface area contributed by atoms with Gasteiger partial charge in [-0.3, -0.25) is 0 Å². The van der Waals surface area contributed by atoms with Crippen molar-refractivity contribution in [2.75, 3.05) is 13.7 Å². The van der Waals surface area contributed by atoms with Crippen molar-refractivity contribution in [2.24, 2.45) is 0 Å². The second-order valence-electron chi connectivity index (χ2n) is 5.77. The van der Waals surface area contributed by atoms with Crippen LogP contribution in [0.3, 0.4) is 0 Å². The molecule has 0 fully saturated rings. The van der Waals surface area contributed by atoms with Gasteiger partial charge in [0.1, 0.15) is 5.82 Å². The Kier molecular flexibility index (Phi) is 7.56. The molecule has 3 nitrogen and oxygen atoms in total. The molecule has 0 heterocycles. The number of unbranched alkanes of at least 4 members (excludes halogenated alkanes) is 2. The highest BCUT2D eigenvalue weighted by Crippen LogP contribution is 2.28. The van der Waals surface area contributed by atoms with Gasteiger partial charge in [-0.25, -0.2) is 4.39 Å². The Morgan fingerprint density at radius 1 is 0.917 bits per heavy atom. The zero-order valence-corrected chi connectivity index (χ0v) is 14.5. The summed E-state index contributed by atoms with van der Waals surface area (Å²) in [5.41, 5.74) is 2.18. The number of hydrogen-bond acceptors (Lipinski definition) is 3. The summed E-state index contributed by atoms with van der Waals surface area (Å²) in [4.78, 5) is 0. The average molecular weight is 331 g/mol. The number of ether oxygens (including phenoxy) is 2. The van der Waals surface area contributed by atoms with Crippen molar-refractivity contribution in [3.05, 3.63) is 59.4 Å². The van der Waals surface area contributed by atoms with E-state index in [0.717, 1.165) is 29.0 Å². The van der Waals surface area contributed by atoms with Crippen molar-refractivity contribution in [1.82, 2.24) is 5.32 Å². The van der Waals surface area contributed by atoms with Gasteiger partial charge < -0.3 is 14.8 Å². The van der Waals surface area contributed by atoms with Crippen LogP contribution in [0.5, 0.6) is 11.5 Å². The first-order valence-corrected chi connectivity index (χ1v) is 8.47. The predicted molar refractivity (Wildman–Crippen MR) is 95.0 cm³/mol. The number of methoxy groups -OCH3 is 1. The summed E-state index contributed by atoms with van der Waals surface area (Å²) < 4.78 is 24.1. The predicted octanol–water partition coefficient (Wildman–Crippen LogP) is 4.69. The SMILES string of the molecule is CCCCCOc1ccc(CNCc2ccc(F)cc2)cc1OC. The standard InChI is InChI=1S/C20H26FNO2/c1-3-4-5-12-24-19-11-8-17(13-20(19)23-2)15-22-14-16-6-9-18(21)10-7-16/h6-11,13,22H,3-5,12,14-15H2,1-2H3. The Bertz CT molecular complexity index is 614. The van der Waals surface area contributed by atoms with Crippen molar-refractivity contribution >= 4 is 0 Å². The van der Waals surface area contributed by atoms with Crippen molar-refractivity contribution in [3.63, 3.8) is 0 Å². The molecule has 0 amide bonds. The van der Waals surface area contributed by atoms with E-state index in [4.69, 9.17) is 9.47 Å². The summed E-state index contributed by atoms with van der Waals surface area (Å²) in [6.07, 6.45) is 3.41. The van der Waals surface area contributed by atoms with E-state index in [-0.39, 0.29) is 5.82 Å². The molecule has 1 N–H and O–H groups in total. The van der Waals surface area contributed by atoms with Crippen LogP contribution in [0.15, 0.2) is 42.5 Å². The molecule has 0 aliphatic rings. The molecular weight excluding hydrogens is 305 g/mol. The first-order chi connectivity index (χ1) is 11.7. The minimum atomic E-state index is -0.210. The highest BCUT2D eigenvalue weighted by atomic mass is 19.1. The quantitative estimate of drug-likeness (QED) is 0.641. The van der Waals surface area contributed by atoms with Gasteiger partial charge >= 0.3 is 0 Å². The summed E-state index contributed by atoms with van der Waals surface area (Å²) >= 11 is 0. The van der Waals surface area contributed by atoms with Gasteiger partial charge in [0.15, 0.2) is 11.5 Å². The lowest BCUT2D eigenvalue weighted by Gasteiger charge is -2.12. The first kappa shape index (κ1) is 18.3. The van der Waals surface area contributed by atoms with Gasteiger partial charge in [0.05, 0.1) is 13.7 Å². The molecule has 0 saturated carbocycles. The Morgan fingerprint density at radius 2 is 1.62 bits per heavy atom. The fourth-order valence-corrected chi connectivity index (χ4v) is 2.43. The van der Waals surface area contributed by atoms with Gasteiger partial charge in [0, 0.05) is 13.1 Å². The molecule has 0 aliphatic heterocycles. The minimum absolute atomic E-state index is 0.210. The van der Waals surface area contributed by atoms with E-state index in [2.05, 4.69) is 12.2 Å². The maximum atomic E-state index is 12.9. The molecule has 0 saturated heterocycles. The van der Waals surface area contributed by atoms with Gasteiger partial charge in [-0.15, -0.1) is 0 Å². The van der Waals surface area contributed by atoms with E-state index < -0.39 is 0 Å². The van der Waals surface area contributed by atoms with Crippen molar-refractivity contribution in [2.45, 2.75) is 39.3 Å². The summed E-state index contributed by atoms with van der Waals surface area (Å²) in [6, 6.07) is 12.5. The largest absolute Gasteiger partial charge is 0.493 e. The maximum Gasteiger partial charge on any atom is 0.161 e. The summed E-state index contributed by atoms with van der Waals surface area (Å²) in [5.74, 6) is 1.33. The molecule has 0 radical (unpaired) electrons. The molecule has 0 unspecified atom stereocenters. The van der Waals surface area contributed by atoms with E-state index in [1.54, 1.807) is 19.2 Å². The van der Waals surface area contributed by atoms with Crippen LogP contribution in [0, 0.1) is 5.82 Å². The summed E-state index contributed by atoms with van der Waals surface area (Å²) in [6.45, 7) is 4.29. The van der Waals surface area contributed by atoms with Crippen LogP contribution in [-0.4, -0.2) is 13.7 Å². The summed E-state index contributed by atoms with van der Waals surface area (Å²) in [5, 5.41) is 3.35. The lowest BCUT2D eigenvalue weighted by atomic mass is 10.2. The smallest absolute Gasteiger partial charge is 0.161 e. The van der Waals surface area contributed by atoms with Crippen LogP contribution in [0.4, 0.5) is 4.39 Å². The second kappa shape index (κ2) is 9.93. The van der Waals surface area contributed by atoms with Crippen LogP contribution in [-0.2, 0) is 13.1 Å². The van der Waals surface area contributed by atoms with Gasteiger partial charge in [-0.2, -0.15) is 0 Å². The molecule has 4 heteroatoms. The normalized spacial score (nSPS) is 10.6. The van der Waals surface area contributed by atoms with Crippen LogP contribution in [0.1, 0.15) is 37.3 Å². The molecule has 130 valence electrons. The molecule has 2 rings (SSSR count). The minimum Gasteiger partial charge on any atom is -0.493 e. The lowest BCUT2D eigenvalue weighted by Crippen LogP contribution is -2.12. The average Bonchev–Trinajstić information content (AvgIpc) is 2.61. The third kappa shape index (κ3) is 5.85. The van der Waals surface area contributed by atoms with Crippen molar-refractivity contribution in [1.29, 1.82) is 0 Å². The van der Waals surface area contributed by atoms with Crippen LogP contribution in [0.2, 0.25) is 0 Å².